The van der Waals surface area contributed by atoms with Gasteiger partial charge in [0.1, 0.15) is 0 Å². The van der Waals surface area contributed by atoms with E-state index >= 15 is 0 Å². The predicted molar refractivity (Wildman–Crippen MR) is 110 cm³/mol. The highest BCUT2D eigenvalue weighted by molar-refractivity contribution is 5.85. The zero-order chi connectivity index (χ0) is 21.0. The van der Waals surface area contributed by atoms with Crippen molar-refractivity contribution in [1.82, 2.24) is 10.2 Å². The minimum Gasteiger partial charge on any atom is -0.453 e. The van der Waals surface area contributed by atoms with Crippen LogP contribution in [-0.2, 0) is 21.7 Å². The lowest BCUT2D eigenvalue weighted by atomic mass is 9.86. The van der Waals surface area contributed by atoms with Crippen molar-refractivity contribution in [2.75, 3.05) is 0 Å². The van der Waals surface area contributed by atoms with Gasteiger partial charge in [0.05, 0.1) is 0 Å². The lowest BCUT2D eigenvalue weighted by molar-refractivity contribution is -0.164. The number of aliphatic hydroxyl groups is 1. The number of rotatable bonds is 6. The fourth-order valence-corrected chi connectivity index (χ4v) is 3.20. The maximum absolute atomic E-state index is 13.0. The van der Waals surface area contributed by atoms with Crippen LogP contribution in [0.3, 0.4) is 0 Å². The quantitative estimate of drug-likeness (QED) is 0.492. The van der Waals surface area contributed by atoms with Gasteiger partial charge in [-0.15, -0.1) is 10.2 Å². The molecule has 0 amide bonds. The number of ether oxygens (including phenoxy) is 1. The molecule has 6 heteroatoms. The molecule has 0 unspecified atom stereocenters. The average molecular weight is 400 g/mol. The zero-order valence-electron chi connectivity index (χ0n) is 16.4. The monoisotopic (exact) mass is 400 g/mol. The fraction of sp³-hybridized carbons (Fsp3) is 0.125. The van der Waals surface area contributed by atoms with Crippen LogP contribution in [0.25, 0.3) is 11.5 Å². The van der Waals surface area contributed by atoms with Crippen molar-refractivity contribution in [1.29, 1.82) is 0 Å². The van der Waals surface area contributed by atoms with Crippen LogP contribution < -0.4 is 0 Å². The highest BCUT2D eigenvalue weighted by atomic mass is 16.6. The van der Waals surface area contributed by atoms with Gasteiger partial charge in [0.25, 0.3) is 5.89 Å². The molecule has 4 rings (SSSR count). The van der Waals surface area contributed by atoms with Crippen molar-refractivity contribution < 1.29 is 19.1 Å². The Hall–Kier alpha value is -3.77. The zero-order valence-corrected chi connectivity index (χ0v) is 16.4. The second kappa shape index (κ2) is 8.31. The molecule has 150 valence electrons. The summed E-state index contributed by atoms with van der Waals surface area (Å²) in [5.74, 6) is -0.343. The summed E-state index contributed by atoms with van der Waals surface area (Å²) in [6.45, 7) is 1.72. The highest BCUT2D eigenvalue weighted by Gasteiger charge is 2.41. The third-order valence-corrected chi connectivity index (χ3v) is 4.74. The van der Waals surface area contributed by atoms with Crippen molar-refractivity contribution in [3.63, 3.8) is 0 Å². The number of benzene rings is 3. The largest absolute Gasteiger partial charge is 0.453 e. The number of esters is 1. The molecule has 0 atom stereocenters. The van der Waals surface area contributed by atoms with Crippen molar-refractivity contribution >= 4 is 5.97 Å². The number of carbonyl (C=O) groups excluding carboxylic acids is 1. The molecule has 30 heavy (non-hydrogen) atoms. The van der Waals surface area contributed by atoms with Gasteiger partial charge in [0.2, 0.25) is 11.5 Å². The molecule has 4 aromatic rings. The Morgan fingerprint density at radius 1 is 0.933 bits per heavy atom. The van der Waals surface area contributed by atoms with E-state index in [-0.39, 0.29) is 12.5 Å². The van der Waals surface area contributed by atoms with Crippen LogP contribution in [0.1, 0.15) is 22.6 Å². The van der Waals surface area contributed by atoms with Crippen molar-refractivity contribution in [2.24, 2.45) is 0 Å². The first kappa shape index (κ1) is 19.5. The molecular weight excluding hydrogens is 380 g/mol. The standard InChI is InChI=1S/C24H20N2O4/c1-17-9-8-10-18(15-17)22-26-25-21(30-22)16-29-23(27)24(28,19-11-4-2-5-12-19)20-13-6-3-7-14-20/h2-15,28H,16H2,1H3. The molecule has 1 N–H and O–H groups in total. The SMILES string of the molecule is Cc1cccc(-c2nnc(COC(=O)C(O)(c3ccccc3)c3ccccc3)o2)c1. The van der Waals surface area contributed by atoms with Gasteiger partial charge in [-0.05, 0) is 30.2 Å². The first-order valence-corrected chi connectivity index (χ1v) is 9.47. The average Bonchev–Trinajstić information content (AvgIpc) is 3.27. The van der Waals surface area contributed by atoms with E-state index in [9.17, 15) is 9.90 Å². The van der Waals surface area contributed by atoms with Crippen LogP contribution in [0.2, 0.25) is 0 Å². The highest BCUT2D eigenvalue weighted by Crippen LogP contribution is 2.31. The third kappa shape index (κ3) is 3.86. The summed E-state index contributed by atoms with van der Waals surface area (Å²) >= 11 is 0. The third-order valence-electron chi connectivity index (χ3n) is 4.74. The first-order chi connectivity index (χ1) is 14.6. The minimum atomic E-state index is -1.96. The van der Waals surface area contributed by atoms with Gasteiger partial charge in [0.15, 0.2) is 6.61 Å². The number of hydrogen-bond donors (Lipinski definition) is 1. The molecule has 0 spiro atoms. The van der Waals surface area contributed by atoms with E-state index in [2.05, 4.69) is 10.2 Å². The van der Waals surface area contributed by atoms with Gasteiger partial charge in [-0.3, -0.25) is 0 Å². The predicted octanol–water partition coefficient (Wildman–Crippen LogP) is 4.02. The summed E-state index contributed by atoms with van der Waals surface area (Å²) in [7, 11) is 0. The normalized spacial score (nSPS) is 11.3. The fourth-order valence-electron chi connectivity index (χ4n) is 3.20. The van der Waals surface area contributed by atoms with Gasteiger partial charge >= 0.3 is 5.97 Å². The lowest BCUT2D eigenvalue weighted by Crippen LogP contribution is -2.38. The van der Waals surface area contributed by atoms with Crippen LogP contribution in [0, 0.1) is 6.92 Å². The number of carbonyl (C=O) groups is 1. The van der Waals surface area contributed by atoms with E-state index in [0.29, 0.717) is 17.0 Å². The Morgan fingerprint density at radius 2 is 1.57 bits per heavy atom. The second-order valence-corrected chi connectivity index (χ2v) is 6.89. The van der Waals surface area contributed by atoms with Crippen molar-refractivity contribution in [2.45, 2.75) is 19.1 Å². The maximum Gasteiger partial charge on any atom is 0.348 e. The van der Waals surface area contributed by atoms with Crippen LogP contribution in [-0.4, -0.2) is 21.3 Å². The summed E-state index contributed by atoms with van der Waals surface area (Å²) in [6.07, 6.45) is 0. The molecule has 0 aliphatic rings. The Kier molecular flexibility index (Phi) is 5.41. The number of nitrogens with zero attached hydrogens (tertiary/aromatic N) is 2. The summed E-state index contributed by atoms with van der Waals surface area (Å²) in [5.41, 5.74) is 0.709. The summed E-state index contributed by atoms with van der Waals surface area (Å²) in [6, 6.07) is 25.0. The van der Waals surface area contributed by atoms with E-state index in [0.717, 1.165) is 11.1 Å². The topological polar surface area (TPSA) is 85.5 Å². The van der Waals surface area contributed by atoms with Crippen LogP contribution in [0.5, 0.6) is 0 Å². The molecule has 0 aliphatic heterocycles. The van der Waals surface area contributed by atoms with Gasteiger partial charge in [0, 0.05) is 5.56 Å². The Bertz CT molecular complexity index is 1100. The van der Waals surface area contributed by atoms with Crippen LogP contribution in [0.4, 0.5) is 0 Å². The van der Waals surface area contributed by atoms with Gasteiger partial charge in [-0.1, -0.05) is 78.4 Å². The van der Waals surface area contributed by atoms with E-state index in [1.54, 1.807) is 48.5 Å². The summed E-state index contributed by atoms with van der Waals surface area (Å²) in [5, 5.41) is 19.3. The molecule has 6 nitrogen and oxygen atoms in total. The van der Waals surface area contributed by atoms with Crippen LogP contribution in [0.15, 0.2) is 89.3 Å². The summed E-state index contributed by atoms with van der Waals surface area (Å²) in [4.78, 5) is 13.0. The van der Waals surface area contributed by atoms with Crippen molar-refractivity contribution in [3.8, 4) is 11.5 Å². The molecule has 3 aromatic carbocycles. The van der Waals surface area contributed by atoms with Gasteiger partial charge in [-0.2, -0.15) is 0 Å². The number of aryl methyl sites for hydroxylation is 1. The molecule has 0 fully saturated rings. The molecule has 0 saturated heterocycles. The maximum atomic E-state index is 13.0. The van der Waals surface area contributed by atoms with E-state index in [1.165, 1.54) is 0 Å². The van der Waals surface area contributed by atoms with Gasteiger partial charge < -0.3 is 14.3 Å². The Morgan fingerprint density at radius 3 is 2.17 bits per heavy atom. The first-order valence-electron chi connectivity index (χ1n) is 9.47. The van der Waals surface area contributed by atoms with Gasteiger partial charge in [-0.25, -0.2) is 4.79 Å². The van der Waals surface area contributed by atoms with E-state index in [4.69, 9.17) is 9.15 Å². The number of hydrogen-bond acceptors (Lipinski definition) is 6. The molecule has 1 heterocycles. The Labute approximate surface area is 173 Å². The number of aromatic nitrogens is 2. The molecule has 0 aliphatic carbocycles. The molecule has 1 aromatic heterocycles. The van der Waals surface area contributed by atoms with Crippen LogP contribution >= 0.6 is 0 Å². The van der Waals surface area contributed by atoms with E-state index in [1.807, 2.05) is 43.3 Å². The van der Waals surface area contributed by atoms with E-state index < -0.39 is 11.6 Å². The molecule has 0 radical (unpaired) electrons. The molecule has 0 saturated carbocycles. The smallest absolute Gasteiger partial charge is 0.348 e. The minimum absolute atomic E-state index is 0.142. The second-order valence-electron chi connectivity index (χ2n) is 6.89. The lowest BCUT2D eigenvalue weighted by Gasteiger charge is -2.26. The van der Waals surface area contributed by atoms with Crippen molar-refractivity contribution in [3.05, 3.63) is 108 Å². The molecular formula is C24H20N2O4. The summed E-state index contributed by atoms with van der Waals surface area (Å²) < 4.78 is 11.0. The molecule has 0 bridgehead atoms. The Balaban J connectivity index is 1.56.